The topological polar surface area (TPSA) is 58.5 Å². The Morgan fingerprint density at radius 3 is 2.65 bits per heavy atom. The molecule has 0 unspecified atom stereocenters. The summed E-state index contributed by atoms with van der Waals surface area (Å²) in [6, 6.07) is 4.63. The van der Waals surface area contributed by atoms with Crippen LogP contribution < -0.4 is 15.4 Å². The number of hydrogen-bond donors (Lipinski definition) is 2. The van der Waals surface area contributed by atoms with E-state index in [0.29, 0.717) is 18.7 Å². The summed E-state index contributed by atoms with van der Waals surface area (Å²) in [5, 5.41) is 6.69. The first-order chi connectivity index (χ1) is 10.8. The highest BCUT2D eigenvalue weighted by Crippen LogP contribution is 2.23. The molecule has 0 amide bonds. The van der Waals surface area contributed by atoms with Crippen LogP contribution in [0.3, 0.4) is 0 Å². The first kappa shape index (κ1) is 18.3. The minimum absolute atomic E-state index is 0. The molecule has 2 N–H and O–H groups in total. The molecule has 0 atom stereocenters. The number of nitrogens with zero attached hydrogens (tertiary/aromatic N) is 2. The van der Waals surface area contributed by atoms with Crippen LogP contribution >= 0.6 is 24.0 Å². The number of rotatable bonds is 6. The Balaban J connectivity index is 0.00000192. The summed E-state index contributed by atoms with van der Waals surface area (Å²) in [4.78, 5) is 9.02. The van der Waals surface area contributed by atoms with Crippen LogP contribution in [0.5, 0.6) is 5.88 Å². The van der Waals surface area contributed by atoms with Crippen LogP contribution in [0.1, 0.15) is 51.0 Å². The fourth-order valence-corrected chi connectivity index (χ4v) is 2.66. The molecular weight excluding hydrogens is 403 g/mol. The molecular formula is C17H27IN4O. The molecule has 0 bridgehead atoms. The van der Waals surface area contributed by atoms with E-state index in [9.17, 15) is 0 Å². The molecule has 0 aromatic carbocycles. The van der Waals surface area contributed by atoms with E-state index >= 15 is 0 Å². The molecule has 2 aliphatic carbocycles. The molecule has 5 nitrogen and oxygen atoms in total. The van der Waals surface area contributed by atoms with Crippen LogP contribution in [0, 0.1) is 0 Å². The summed E-state index contributed by atoms with van der Waals surface area (Å²) in [5.74, 6) is 1.64. The van der Waals surface area contributed by atoms with Crippen molar-refractivity contribution in [2.24, 2.45) is 4.99 Å². The molecule has 2 fully saturated rings. The molecule has 3 rings (SSSR count). The first-order valence-electron chi connectivity index (χ1n) is 8.50. The Morgan fingerprint density at radius 2 is 2.04 bits per heavy atom. The van der Waals surface area contributed by atoms with Gasteiger partial charge in [0.1, 0.15) is 6.10 Å². The smallest absolute Gasteiger partial charge is 0.213 e. The lowest BCUT2D eigenvalue weighted by atomic mass is 10.3. The average molecular weight is 430 g/mol. The molecule has 0 spiro atoms. The van der Waals surface area contributed by atoms with E-state index in [1.54, 1.807) is 0 Å². The van der Waals surface area contributed by atoms with Crippen molar-refractivity contribution >= 4 is 29.9 Å². The van der Waals surface area contributed by atoms with E-state index in [0.717, 1.165) is 36.8 Å². The highest BCUT2D eigenvalue weighted by molar-refractivity contribution is 14.0. The predicted molar refractivity (Wildman–Crippen MR) is 104 cm³/mol. The first-order valence-corrected chi connectivity index (χ1v) is 8.50. The summed E-state index contributed by atoms with van der Waals surface area (Å²) >= 11 is 0. The largest absolute Gasteiger partial charge is 0.474 e. The lowest BCUT2D eigenvalue weighted by Gasteiger charge is -2.12. The third kappa shape index (κ3) is 6.16. The van der Waals surface area contributed by atoms with E-state index in [1.807, 2.05) is 12.3 Å². The van der Waals surface area contributed by atoms with E-state index in [4.69, 9.17) is 4.74 Å². The van der Waals surface area contributed by atoms with Crippen LogP contribution in [-0.2, 0) is 6.54 Å². The Bertz CT molecular complexity index is 496. The van der Waals surface area contributed by atoms with Crippen molar-refractivity contribution in [3.8, 4) is 5.88 Å². The van der Waals surface area contributed by atoms with E-state index < -0.39 is 0 Å². The molecule has 1 aromatic rings. The van der Waals surface area contributed by atoms with Crippen molar-refractivity contribution in [2.75, 3.05) is 6.54 Å². The second kappa shape index (κ2) is 9.30. The van der Waals surface area contributed by atoms with Crippen molar-refractivity contribution < 1.29 is 4.74 Å². The zero-order chi connectivity index (χ0) is 15.2. The van der Waals surface area contributed by atoms with Gasteiger partial charge < -0.3 is 15.4 Å². The van der Waals surface area contributed by atoms with Gasteiger partial charge in [0.05, 0.1) is 6.54 Å². The van der Waals surface area contributed by atoms with E-state index in [2.05, 4.69) is 33.6 Å². The molecule has 23 heavy (non-hydrogen) atoms. The second-order valence-electron chi connectivity index (χ2n) is 6.14. The number of aromatic nitrogens is 1. The molecule has 6 heteroatoms. The van der Waals surface area contributed by atoms with Gasteiger partial charge in [-0.05, 0) is 51.0 Å². The van der Waals surface area contributed by atoms with Crippen LogP contribution in [0.15, 0.2) is 23.3 Å². The standard InChI is InChI=1S/C17H26N4O.HI/c1-2-18-17(21-14-8-9-14)20-12-13-7-10-16(19-11-13)22-15-5-3-4-6-15;/h7,10-11,14-15H,2-6,8-9,12H2,1H3,(H2,18,20,21);1H. The number of hydrogen-bond acceptors (Lipinski definition) is 3. The van der Waals surface area contributed by atoms with Crippen molar-refractivity contribution in [3.63, 3.8) is 0 Å². The molecule has 0 saturated heterocycles. The number of halogens is 1. The number of aliphatic imine (C=N–C) groups is 1. The maximum Gasteiger partial charge on any atom is 0.213 e. The zero-order valence-electron chi connectivity index (χ0n) is 13.8. The van der Waals surface area contributed by atoms with Crippen LogP contribution in [0.2, 0.25) is 0 Å². The van der Waals surface area contributed by atoms with E-state index in [-0.39, 0.29) is 24.0 Å². The van der Waals surface area contributed by atoms with Crippen molar-refractivity contribution in [1.29, 1.82) is 0 Å². The SMILES string of the molecule is CCNC(=NCc1ccc(OC2CCCC2)nc1)NC1CC1.I. The molecule has 128 valence electrons. The van der Waals surface area contributed by atoms with Gasteiger partial charge in [-0.25, -0.2) is 9.98 Å². The average Bonchev–Trinajstić information content (AvgIpc) is 3.20. The summed E-state index contributed by atoms with van der Waals surface area (Å²) < 4.78 is 5.88. The van der Waals surface area contributed by atoms with Gasteiger partial charge in [-0.3, -0.25) is 0 Å². The summed E-state index contributed by atoms with van der Waals surface area (Å²) in [7, 11) is 0. The molecule has 1 aromatic heterocycles. The van der Waals surface area contributed by atoms with Gasteiger partial charge in [0.15, 0.2) is 5.96 Å². The fourth-order valence-electron chi connectivity index (χ4n) is 2.66. The lowest BCUT2D eigenvalue weighted by Crippen LogP contribution is -2.38. The Kier molecular flexibility index (Phi) is 7.39. The van der Waals surface area contributed by atoms with Gasteiger partial charge in [0, 0.05) is 24.8 Å². The summed E-state index contributed by atoms with van der Waals surface area (Å²) in [5.41, 5.74) is 1.10. The number of ether oxygens (including phenoxy) is 1. The highest BCUT2D eigenvalue weighted by Gasteiger charge is 2.22. The normalized spacial score (nSPS) is 18.4. The van der Waals surface area contributed by atoms with Gasteiger partial charge in [0.2, 0.25) is 5.88 Å². The molecule has 2 saturated carbocycles. The van der Waals surface area contributed by atoms with Crippen molar-refractivity contribution in [1.82, 2.24) is 15.6 Å². The van der Waals surface area contributed by atoms with Gasteiger partial charge in [-0.2, -0.15) is 0 Å². The zero-order valence-corrected chi connectivity index (χ0v) is 16.1. The van der Waals surface area contributed by atoms with Crippen LogP contribution in [0.4, 0.5) is 0 Å². The molecule has 0 radical (unpaired) electrons. The second-order valence-corrected chi connectivity index (χ2v) is 6.14. The summed E-state index contributed by atoms with van der Waals surface area (Å²) in [6.45, 7) is 3.60. The summed E-state index contributed by atoms with van der Waals surface area (Å²) in [6.07, 6.45) is 9.60. The number of pyridine rings is 1. The molecule has 0 aliphatic heterocycles. The minimum Gasteiger partial charge on any atom is -0.474 e. The number of guanidine groups is 1. The maximum atomic E-state index is 5.88. The maximum absolute atomic E-state index is 5.88. The third-order valence-electron chi connectivity index (χ3n) is 4.07. The molecule has 2 aliphatic rings. The van der Waals surface area contributed by atoms with Gasteiger partial charge in [-0.15, -0.1) is 24.0 Å². The number of nitrogens with one attached hydrogen (secondary N) is 2. The van der Waals surface area contributed by atoms with Gasteiger partial charge >= 0.3 is 0 Å². The third-order valence-corrected chi connectivity index (χ3v) is 4.07. The van der Waals surface area contributed by atoms with E-state index in [1.165, 1.54) is 25.7 Å². The van der Waals surface area contributed by atoms with Crippen LogP contribution in [0.25, 0.3) is 0 Å². The monoisotopic (exact) mass is 430 g/mol. The van der Waals surface area contributed by atoms with Gasteiger partial charge in [0.25, 0.3) is 0 Å². The molecule has 1 heterocycles. The fraction of sp³-hybridized carbons (Fsp3) is 0.647. The minimum atomic E-state index is 0. The predicted octanol–water partition coefficient (Wildman–Crippen LogP) is 3.24. The quantitative estimate of drug-likeness (QED) is 0.414. The van der Waals surface area contributed by atoms with Gasteiger partial charge in [-0.1, -0.05) is 6.07 Å². The lowest BCUT2D eigenvalue weighted by molar-refractivity contribution is 0.201. The highest BCUT2D eigenvalue weighted by atomic mass is 127. The van der Waals surface area contributed by atoms with Crippen molar-refractivity contribution in [2.45, 2.75) is 64.1 Å². The Labute approximate surface area is 155 Å². The Morgan fingerprint density at radius 1 is 1.26 bits per heavy atom. The Hall–Kier alpha value is -1.05. The van der Waals surface area contributed by atoms with Crippen molar-refractivity contribution in [3.05, 3.63) is 23.9 Å². The van der Waals surface area contributed by atoms with Crippen LogP contribution in [-0.4, -0.2) is 29.6 Å².